The Hall–Kier alpha value is -1.65. The summed E-state index contributed by atoms with van der Waals surface area (Å²) in [4.78, 5) is 14.6. The maximum Gasteiger partial charge on any atom is 0.308 e. The van der Waals surface area contributed by atoms with Crippen LogP contribution < -0.4 is 0 Å². The van der Waals surface area contributed by atoms with Crippen LogP contribution in [0.1, 0.15) is 150 Å². The van der Waals surface area contributed by atoms with Gasteiger partial charge in [-0.1, -0.05) is 47.8 Å². The molecule has 16 aliphatic rings. The first-order valence-corrected chi connectivity index (χ1v) is 30.1. The van der Waals surface area contributed by atoms with Crippen molar-refractivity contribution in [2.24, 2.45) is 23.7 Å². The van der Waals surface area contributed by atoms with Gasteiger partial charge in [0.15, 0.2) is 17.4 Å². The maximum absolute atomic E-state index is 14.6. The number of rotatable bonds is 1. The lowest BCUT2D eigenvalue weighted by Crippen LogP contribution is -2.62. The van der Waals surface area contributed by atoms with Crippen LogP contribution >= 0.6 is 0 Å². The molecule has 0 saturated carbocycles. The van der Waals surface area contributed by atoms with Crippen LogP contribution in [0.15, 0.2) is 24.3 Å². The van der Waals surface area contributed by atoms with E-state index in [2.05, 4.69) is 47.8 Å². The van der Waals surface area contributed by atoms with Gasteiger partial charge in [0, 0.05) is 63.7 Å². The van der Waals surface area contributed by atoms with Crippen LogP contribution in [0.5, 0.6) is 0 Å². The molecule has 17 nitrogen and oxygen atoms in total. The number of esters is 1. The highest BCUT2D eigenvalue weighted by molar-refractivity contribution is 5.70. The molecular weight excluding hydrogens is 981 g/mol. The summed E-state index contributed by atoms with van der Waals surface area (Å²) >= 11 is 0. The van der Waals surface area contributed by atoms with Crippen LogP contribution in [-0.4, -0.2) is 175 Å². The summed E-state index contributed by atoms with van der Waals surface area (Å²) < 4.78 is 104. The van der Waals surface area contributed by atoms with Crippen molar-refractivity contribution in [3.05, 3.63) is 24.3 Å². The fourth-order valence-corrected chi connectivity index (χ4v) is 18.0. The van der Waals surface area contributed by atoms with E-state index in [-0.39, 0.29) is 152 Å². The van der Waals surface area contributed by atoms with E-state index in [1.54, 1.807) is 0 Å². The van der Waals surface area contributed by atoms with Gasteiger partial charge in [0.1, 0.15) is 36.6 Å². The average molecular weight is 1070 g/mol. The molecule has 0 amide bonds. The Morgan fingerprint density at radius 1 is 0.487 bits per heavy atom. The molecule has 422 valence electrons. The molecule has 0 aromatic heterocycles. The highest BCUT2D eigenvalue weighted by Crippen LogP contribution is 2.58. The topological polar surface area (TPSA) is 176 Å². The predicted molar refractivity (Wildman–Crippen MR) is 266 cm³/mol. The molecule has 17 heteroatoms. The summed E-state index contributed by atoms with van der Waals surface area (Å²) in [6.45, 7) is 20.0. The molecule has 1 N–H and O–H groups in total. The van der Waals surface area contributed by atoms with Gasteiger partial charge in [0.25, 0.3) is 0 Å². The highest BCUT2D eigenvalue weighted by atomic mass is 16.8. The van der Waals surface area contributed by atoms with Gasteiger partial charge in [-0.25, -0.2) is 0 Å². The minimum atomic E-state index is -0.883. The summed E-state index contributed by atoms with van der Waals surface area (Å²) in [5.41, 5.74) is 2.18. The monoisotopic (exact) mass is 1060 g/mol. The standard InChI is InChI=1S/C59H84O17/c1-8-36-35(60)18-43-48(66-36)28(4)21-58(72-43)22-29(5)49-46(73-58)25-59(74-49)23-44-40(71-59)20-42-50(68-44)31(7)51-41(65-42)19-39-30(6)26(2)15-32(63-39)9-11-37-27(3)16-34(62-37)13-14-57-24-45-53(75-57)54-55(69-45)56(76-57)52-38(67-54)12-10-33(64-52)17-47(61)70-51/h26,28-29,31-46,48-56,60H,3,6,8-25H2,1-2,4-5,7H3/t26-,28+,29+,31+,32+,33-,34+,35-,36-,37+,38+,39-,40-,41+,42+,43+,44-,45-,46+,48+,49+,50+,51-,52+,53+,54+,55-,56+,57+,58-,59+/m1/s1. The Balaban J connectivity index is 0.669. The number of hydrogen-bond acceptors (Lipinski definition) is 17. The second kappa shape index (κ2) is 18.9. The normalized spacial score (nSPS) is 59.3. The molecule has 16 heterocycles. The molecule has 16 saturated heterocycles. The lowest BCUT2D eigenvalue weighted by Gasteiger charge is -2.54. The molecule has 16 aliphatic heterocycles. The summed E-state index contributed by atoms with van der Waals surface area (Å²) in [5, 5.41) is 10.9. The first kappa shape index (κ1) is 51.2. The number of carbonyl (C=O) groups excluding carboxylic acids is 1. The van der Waals surface area contributed by atoms with Gasteiger partial charge in [-0.2, -0.15) is 0 Å². The zero-order chi connectivity index (χ0) is 51.7. The third-order valence-electron chi connectivity index (χ3n) is 21.6. The Kier molecular flexibility index (Phi) is 12.8. The number of carbonyl (C=O) groups is 1. The van der Waals surface area contributed by atoms with E-state index in [9.17, 15) is 9.90 Å². The smallest absolute Gasteiger partial charge is 0.308 e. The minimum absolute atomic E-state index is 0.00443. The summed E-state index contributed by atoms with van der Waals surface area (Å²) in [5.74, 6) is -2.43. The number of aliphatic hydroxyl groups is 1. The molecular formula is C59H84O17. The molecule has 0 radical (unpaired) electrons. The largest absolute Gasteiger partial charge is 0.459 e. The van der Waals surface area contributed by atoms with E-state index in [0.717, 1.165) is 62.5 Å². The third kappa shape index (κ3) is 8.57. The lowest BCUT2D eigenvalue weighted by atomic mass is 9.78. The van der Waals surface area contributed by atoms with Crippen LogP contribution in [0.2, 0.25) is 0 Å². The van der Waals surface area contributed by atoms with Crippen molar-refractivity contribution in [1.82, 2.24) is 0 Å². The number of aliphatic hydroxyl groups excluding tert-OH is 1. The predicted octanol–water partition coefficient (Wildman–Crippen LogP) is 6.59. The van der Waals surface area contributed by atoms with E-state index < -0.39 is 47.9 Å². The van der Waals surface area contributed by atoms with E-state index in [1.165, 1.54) is 0 Å². The zero-order valence-corrected chi connectivity index (χ0v) is 45.3. The lowest BCUT2D eigenvalue weighted by molar-refractivity contribution is -0.371. The van der Waals surface area contributed by atoms with Crippen LogP contribution in [0.25, 0.3) is 0 Å². The molecule has 12 bridgehead atoms. The van der Waals surface area contributed by atoms with Crippen molar-refractivity contribution in [1.29, 1.82) is 0 Å². The van der Waals surface area contributed by atoms with Gasteiger partial charge in [-0.3, -0.25) is 4.79 Å². The van der Waals surface area contributed by atoms with E-state index in [0.29, 0.717) is 57.8 Å². The summed E-state index contributed by atoms with van der Waals surface area (Å²) in [6, 6.07) is 0. The van der Waals surface area contributed by atoms with Gasteiger partial charge < -0.3 is 76.2 Å². The quantitative estimate of drug-likeness (QED) is 0.220. The molecule has 16 fully saturated rings. The van der Waals surface area contributed by atoms with Gasteiger partial charge in [-0.05, 0) is 80.3 Å². The van der Waals surface area contributed by atoms with Crippen LogP contribution in [-0.2, 0) is 75.8 Å². The van der Waals surface area contributed by atoms with Crippen molar-refractivity contribution in [3.63, 3.8) is 0 Å². The van der Waals surface area contributed by atoms with Crippen molar-refractivity contribution >= 4 is 5.97 Å². The van der Waals surface area contributed by atoms with E-state index >= 15 is 0 Å². The zero-order valence-electron chi connectivity index (χ0n) is 45.3. The average Bonchev–Trinajstić information content (AvgIpc) is 4.36. The van der Waals surface area contributed by atoms with Crippen molar-refractivity contribution < 1.29 is 81.0 Å². The molecule has 16 rings (SSSR count). The van der Waals surface area contributed by atoms with Gasteiger partial charge >= 0.3 is 5.97 Å². The molecule has 0 aromatic carbocycles. The van der Waals surface area contributed by atoms with E-state index in [4.69, 9.17) is 71.1 Å². The Morgan fingerprint density at radius 2 is 1.16 bits per heavy atom. The molecule has 76 heavy (non-hydrogen) atoms. The number of hydrogen-bond donors (Lipinski definition) is 1. The second-order valence-corrected chi connectivity index (χ2v) is 26.9. The Labute approximate surface area is 447 Å². The van der Waals surface area contributed by atoms with E-state index in [1.807, 2.05) is 0 Å². The third-order valence-corrected chi connectivity index (χ3v) is 21.6. The molecule has 3 spiro atoms. The second-order valence-electron chi connectivity index (χ2n) is 26.9. The Bertz CT molecular complexity index is 2270. The SMILES string of the molecule is C=C1C[C@@H]2CC[C@@]34C[C@H]5O[C@H]6[C@@H](O3)[C@H]3O[C@H](CC[C@@H]3O[C@H]6[C@H]5O4)CC(=O)O[C@@H]3[C@@H](C)[C@@H]4O[C@@H]5C[C@]6(C[C@@H]7O[C@]8(C[C@H](C)[C@@H]9O[C@H](CC)[C@H](O)C[C@@H]9O8)C[C@H](C)[C@@H]7O6)O[C@@H]5C[C@@H]4O[C@H]3C[C@H]3O[C@@H](CC[C@@H]1O2)C[C@@H](C)C3=C. The van der Waals surface area contributed by atoms with Gasteiger partial charge in [0.2, 0.25) is 0 Å². The highest BCUT2D eigenvalue weighted by Gasteiger charge is 2.70. The molecule has 31 atom stereocenters. The minimum Gasteiger partial charge on any atom is -0.459 e. The van der Waals surface area contributed by atoms with Crippen LogP contribution in [0.4, 0.5) is 0 Å². The first-order chi connectivity index (χ1) is 36.6. The van der Waals surface area contributed by atoms with Gasteiger partial charge in [-0.15, -0.1) is 0 Å². The molecule has 0 aliphatic carbocycles. The van der Waals surface area contributed by atoms with Crippen LogP contribution in [0.3, 0.4) is 0 Å². The first-order valence-electron chi connectivity index (χ1n) is 30.1. The molecule has 0 aromatic rings. The van der Waals surface area contributed by atoms with Crippen LogP contribution in [0, 0.1) is 23.7 Å². The van der Waals surface area contributed by atoms with Crippen molar-refractivity contribution in [3.8, 4) is 0 Å². The van der Waals surface area contributed by atoms with Crippen molar-refractivity contribution in [2.75, 3.05) is 0 Å². The Morgan fingerprint density at radius 3 is 2.01 bits per heavy atom. The van der Waals surface area contributed by atoms with Crippen molar-refractivity contribution in [2.45, 2.75) is 314 Å². The summed E-state index contributed by atoms with van der Waals surface area (Å²) in [6.07, 6.45) is 5.65. The summed E-state index contributed by atoms with van der Waals surface area (Å²) in [7, 11) is 0. The fraction of sp³-hybridized carbons (Fsp3) is 0.915. The fourth-order valence-electron chi connectivity index (χ4n) is 18.0. The molecule has 0 unspecified atom stereocenters. The maximum atomic E-state index is 14.6. The van der Waals surface area contributed by atoms with Gasteiger partial charge in [0.05, 0.1) is 116 Å². The number of ether oxygens (including phenoxy) is 15. The number of fused-ring (bicyclic) bond motifs is 10.